The molecule has 0 aliphatic heterocycles. The molecule has 0 saturated carbocycles. The number of hydrogen-bond acceptors (Lipinski definition) is 5. The van der Waals surface area contributed by atoms with Crippen molar-refractivity contribution in [3.63, 3.8) is 0 Å². The Balaban J connectivity index is 4.17. The first kappa shape index (κ1) is 16.6. The molecule has 0 aliphatic rings. The van der Waals surface area contributed by atoms with E-state index in [2.05, 4.69) is 5.32 Å². The fraction of sp³-hybridized carbons (Fsp3) is 0.800. The molecular weight excluding hydrogens is 262 g/mol. The van der Waals surface area contributed by atoms with Crippen LogP contribution in [0.25, 0.3) is 0 Å². The second-order valence-corrected chi connectivity index (χ2v) is 7.07. The van der Waals surface area contributed by atoms with Crippen molar-refractivity contribution in [2.24, 2.45) is 5.41 Å². The monoisotopic (exact) mass is 281 g/mol. The molecule has 0 aliphatic carbocycles. The van der Waals surface area contributed by atoms with Crippen molar-refractivity contribution in [2.75, 3.05) is 18.1 Å². The Morgan fingerprint density at radius 2 is 1.88 bits per heavy atom. The van der Waals surface area contributed by atoms with E-state index in [0.29, 0.717) is 5.75 Å². The van der Waals surface area contributed by atoms with E-state index in [1.165, 1.54) is 21.6 Å². The van der Waals surface area contributed by atoms with Crippen LogP contribution in [0.1, 0.15) is 20.8 Å². The van der Waals surface area contributed by atoms with Gasteiger partial charge < -0.3 is 15.5 Å². The van der Waals surface area contributed by atoms with E-state index < -0.39 is 17.4 Å². The maximum Gasteiger partial charge on any atom is 0.327 e. The summed E-state index contributed by atoms with van der Waals surface area (Å²) in [6.45, 7) is 5.25. The Hall–Kier alpha value is -0.400. The highest BCUT2D eigenvalue weighted by Gasteiger charge is 2.27. The van der Waals surface area contributed by atoms with Gasteiger partial charge in [-0.05, 0) is 0 Å². The third-order valence-corrected chi connectivity index (χ3v) is 4.17. The first-order valence-electron chi connectivity index (χ1n) is 5.18. The van der Waals surface area contributed by atoms with Crippen molar-refractivity contribution < 1.29 is 19.8 Å². The lowest BCUT2D eigenvalue weighted by molar-refractivity contribution is -0.142. The zero-order valence-corrected chi connectivity index (χ0v) is 11.9. The summed E-state index contributed by atoms with van der Waals surface area (Å²) in [6, 6.07) is -0.891. The molecule has 17 heavy (non-hydrogen) atoms. The molecule has 0 aromatic carbocycles. The molecule has 100 valence electrons. The molecule has 3 N–H and O–H groups in total. The molecule has 0 rings (SSSR count). The van der Waals surface area contributed by atoms with Gasteiger partial charge in [0, 0.05) is 16.9 Å². The van der Waals surface area contributed by atoms with E-state index in [1.807, 2.05) is 0 Å². The topological polar surface area (TPSA) is 86.6 Å². The van der Waals surface area contributed by atoms with Gasteiger partial charge in [-0.2, -0.15) is 0 Å². The summed E-state index contributed by atoms with van der Waals surface area (Å²) >= 11 is 0. The number of rotatable bonds is 7. The van der Waals surface area contributed by atoms with Crippen molar-refractivity contribution in [1.29, 1.82) is 0 Å². The quantitative estimate of drug-likeness (QED) is 0.476. The van der Waals surface area contributed by atoms with Gasteiger partial charge in [0.25, 0.3) is 0 Å². The van der Waals surface area contributed by atoms with Crippen LogP contribution in [-0.2, 0) is 9.59 Å². The van der Waals surface area contributed by atoms with Gasteiger partial charge in [-0.25, -0.2) is 4.79 Å². The minimum Gasteiger partial charge on any atom is -0.480 e. The average molecular weight is 281 g/mol. The molecule has 7 heteroatoms. The summed E-state index contributed by atoms with van der Waals surface area (Å²) in [5.41, 5.74) is -0.601. The van der Waals surface area contributed by atoms with Crippen LogP contribution < -0.4 is 5.32 Å². The molecule has 0 fully saturated rings. The second kappa shape index (κ2) is 7.84. The van der Waals surface area contributed by atoms with Gasteiger partial charge in [0.1, 0.15) is 6.04 Å². The summed E-state index contributed by atoms with van der Waals surface area (Å²) in [6.07, 6.45) is 0. The van der Waals surface area contributed by atoms with Crippen molar-refractivity contribution >= 4 is 33.5 Å². The molecule has 0 radical (unpaired) electrons. The van der Waals surface area contributed by atoms with Crippen LogP contribution in [-0.4, -0.2) is 46.2 Å². The third-order valence-electron chi connectivity index (χ3n) is 1.78. The molecule has 0 heterocycles. The molecule has 0 bridgehead atoms. The molecule has 0 aromatic rings. The Bertz CT molecular complexity index is 266. The highest BCUT2D eigenvalue weighted by molar-refractivity contribution is 8.76. The molecule has 0 spiro atoms. The first-order valence-corrected chi connectivity index (χ1v) is 7.67. The SMILES string of the molecule is CC(C)(C)C(=O)N[C@@H](CSSCCO)C(=O)O. The third kappa shape index (κ3) is 7.51. The number of carboxylic acid groups (broad SMARTS) is 1. The standard InChI is InChI=1S/C10H19NO4S2/c1-10(2,3)9(15)11-7(8(13)14)6-17-16-5-4-12/h7,12H,4-6H2,1-3H3,(H,11,15)(H,13,14)/t7-/m0/s1. The van der Waals surface area contributed by atoms with Crippen molar-refractivity contribution in [3.05, 3.63) is 0 Å². The minimum atomic E-state index is -1.04. The Kier molecular flexibility index (Phi) is 7.65. The van der Waals surface area contributed by atoms with Crippen LogP contribution >= 0.6 is 21.6 Å². The summed E-state index contributed by atoms with van der Waals surface area (Å²) < 4.78 is 0. The Morgan fingerprint density at radius 3 is 2.29 bits per heavy atom. The minimum absolute atomic E-state index is 0.0593. The van der Waals surface area contributed by atoms with Gasteiger partial charge in [-0.1, -0.05) is 42.4 Å². The molecule has 1 atom stereocenters. The van der Waals surface area contributed by atoms with Crippen LogP contribution in [0.5, 0.6) is 0 Å². The van der Waals surface area contributed by atoms with Crippen LogP contribution in [0.3, 0.4) is 0 Å². The average Bonchev–Trinajstić information content (AvgIpc) is 2.20. The predicted molar refractivity (Wildman–Crippen MR) is 71.0 cm³/mol. The van der Waals surface area contributed by atoms with Gasteiger partial charge in [-0.3, -0.25) is 4.79 Å². The van der Waals surface area contributed by atoms with E-state index in [0.717, 1.165) is 0 Å². The van der Waals surface area contributed by atoms with E-state index in [9.17, 15) is 9.59 Å². The van der Waals surface area contributed by atoms with Crippen LogP contribution in [0.15, 0.2) is 0 Å². The molecule has 5 nitrogen and oxygen atoms in total. The lowest BCUT2D eigenvalue weighted by Crippen LogP contribution is -2.47. The smallest absolute Gasteiger partial charge is 0.327 e. The van der Waals surface area contributed by atoms with Crippen molar-refractivity contribution in [1.82, 2.24) is 5.32 Å². The number of carboxylic acids is 1. The molecule has 0 aromatic heterocycles. The summed E-state index contributed by atoms with van der Waals surface area (Å²) in [5.74, 6) is -0.496. The zero-order valence-electron chi connectivity index (χ0n) is 10.2. The van der Waals surface area contributed by atoms with Crippen molar-refractivity contribution in [3.8, 4) is 0 Å². The van der Waals surface area contributed by atoms with E-state index >= 15 is 0 Å². The van der Waals surface area contributed by atoms with Crippen LogP contribution in [0.4, 0.5) is 0 Å². The summed E-state index contributed by atoms with van der Waals surface area (Å²) in [4.78, 5) is 22.6. The first-order chi connectivity index (χ1) is 7.79. The number of aliphatic hydroxyl groups is 1. The van der Waals surface area contributed by atoms with Gasteiger partial charge in [-0.15, -0.1) is 0 Å². The maximum absolute atomic E-state index is 11.6. The fourth-order valence-electron chi connectivity index (χ4n) is 0.762. The lowest BCUT2D eigenvalue weighted by Gasteiger charge is -2.21. The number of carbonyl (C=O) groups excluding carboxylic acids is 1. The highest BCUT2D eigenvalue weighted by Crippen LogP contribution is 2.22. The molecular formula is C10H19NO4S2. The normalized spacial score (nSPS) is 13.2. The molecule has 0 unspecified atom stereocenters. The Morgan fingerprint density at radius 1 is 1.29 bits per heavy atom. The number of aliphatic hydroxyl groups excluding tert-OH is 1. The van der Waals surface area contributed by atoms with Gasteiger partial charge in [0.15, 0.2) is 0 Å². The Labute approximate surface area is 109 Å². The van der Waals surface area contributed by atoms with E-state index in [1.54, 1.807) is 20.8 Å². The predicted octanol–water partition coefficient (Wildman–Crippen LogP) is 0.976. The number of hydrogen-bond donors (Lipinski definition) is 3. The lowest BCUT2D eigenvalue weighted by atomic mass is 9.95. The number of aliphatic carboxylic acids is 1. The second-order valence-electron chi connectivity index (χ2n) is 4.44. The van der Waals surface area contributed by atoms with Gasteiger partial charge in [0.05, 0.1) is 6.61 Å². The van der Waals surface area contributed by atoms with E-state index in [-0.39, 0.29) is 18.3 Å². The van der Waals surface area contributed by atoms with E-state index in [4.69, 9.17) is 10.2 Å². The summed E-state index contributed by atoms with van der Waals surface area (Å²) in [7, 11) is 2.71. The maximum atomic E-state index is 11.6. The molecule has 0 saturated heterocycles. The van der Waals surface area contributed by atoms with Gasteiger partial charge >= 0.3 is 5.97 Å². The fourth-order valence-corrected chi connectivity index (χ4v) is 2.69. The highest BCUT2D eigenvalue weighted by atomic mass is 33.1. The summed E-state index contributed by atoms with van der Waals surface area (Å²) in [5, 5.41) is 20.0. The largest absolute Gasteiger partial charge is 0.480 e. The molecule has 1 amide bonds. The zero-order chi connectivity index (χ0) is 13.5. The number of carbonyl (C=O) groups is 2. The van der Waals surface area contributed by atoms with Crippen LogP contribution in [0, 0.1) is 5.41 Å². The van der Waals surface area contributed by atoms with Crippen molar-refractivity contribution in [2.45, 2.75) is 26.8 Å². The number of amides is 1. The number of nitrogens with one attached hydrogen (secondary N) is 1. The van der Waals surface area contributed by atoms with Gasteiger partial charge in [0.2, 0.25) is 5.91 Å². The van der Waals surface area contributed by atoms with Crippen LogP contribution in [0.2, 0.25) is 0 Å².